The average molecular weight is 383 g/mol. The number of carboxylic acid groups (broad SMARTS) is 1. The highest BCUT2D eigenvalue weighted by atomic mass is 19.4. The Morgan fingerprint density at radius 2 is 1.64 bits per heavy atom. The van der Waals surface area contributed by atoms with E-state index in [1.165, 1.54) is 18.2 Å². The van der Waals surface area contributed by atoms with Crippen LogP contribution in [0, 0.1) is 0 Å². The van der Waals surface area contributed by atoms with Gasteiger partial charge in [-0.2, -0.15) is 13.2 Å². The molecule has 3 aromatic carbocycles. The number of halogens is 3. The Labute approximate surface area is 159 Å². The summed E-state index contributed by atoms with van der Waals surface area (Å²) in [7, 11) is 0. The normalized spacial score (nSPS) is 15.7. The van der Waals surface area contributed by atoms with Crippen molar-refractivity contribution in [1.29, 1.82) is 0 Å². The summed E-state index contributed by atoms with van der Waals surface area (Å²) in [6.45, 7) is 1.98. The second kappa shape index (κ2) is 6.41. The molecule has 28 heavy (non-hydrogen) atoms. The molecule has 0 radical (unpaired) electrons. The fourth-order valence-corrected chi connectivity index (χ4v) is 3.72. The van der Waals surface area contributed by atoms with Crippen LogP contribution in [0.15, 0.2) is 66.7 Å². The Hall–Kier alpha value is -3.28. The van der Waals surface area contributed by atoms with Crippen molar-refractivity contribution in [3.8, 4) is 11.1 Å². The van der Waals surface area contributed by atoms with Gasteiger partial charge in [0.15, 0.2) is 0 Å². The van der Waals surface area contributed by atoms with E-state index in [2.05, 4.69) is 0 Å². The van der Waals surface area contributed by atoms with Gasteiger partial charge in [-0.25, -0.2) is 4.79 Å². The summed E-state index contributed by atoms with van der Waals surface area (Å²) in [5.74, 6) is -1.03. The number of carboxylic acids is 1. The van der Waals surface area contributed by atoms with Crippen LogP contribution in [-0.4, -0.2) is 11.1 Å². The van der Waals surface area contributed by atoms with Crippen LogP contribution in [0.3, 0.4) is 0 Å². The lowest BCUT2D eigenvalue weighted by Crippen LogP contribution is -2.26. The Bertz CT molecular complexity index is 1060. The monoisotopic (exact) mass is 383 g/mol. The summed E-state index contributed by atoms with van der Waals surface area (Å²) < 4.78 is 38.8. The van der Waals surface area contributed by atoms with E-state index in [1.807, 2.05) is 36.1 Å². The number of carbonyl (C=O) groups is 1. The van der Waals surface area contributed by atoms with Gasteiger partial charge in [-0.1, -0.05) is 24.3 Å². The molecule has 0 bridgehead atoms. The quantitative estimate of drug-likeness (QED) is 0.566. The van der Waals surface area contributed by atoms with E-state index >= 15 is 0 Å². The van der Waals surface area contributed by atoms with Crippen LogP contribution < -0.4 is 4.90 Å². The number of nitrogens with zero attached hydrogens (tertiary/aromatic N) is 1. The number of benzene rings is 3. The number of aromatic carboxylic acids is 1. The first-order valence-corrected chi connectivity index (χ1v) is 8.70. The maximum absolute atomic E-state index is 12.9. The van der Waals surface area contributed by atoms with Gasteiger partial charge in [0.25, 0.3) is 0 Å². The molecule has 0 amide bonds. The molecule has 0 spiro atoms. The highest BCUT2D eigenvalue weighted by molar-refractivity contribution is 5.95. The van der Waals surface area contributed by atoms with Gasteiger partial charge in [0.05, 0.1) is 17.2 Å². The maximum atomic E-state index is 12.9. The lowest BCUT2D eigenvalue weighted by Gasteiger charge is -2.38. The van der Waals surface area contributed by atoms with E-state index in [9.17, 15) is 23.1 Å². The summed E-state index contributed by atoms with van der Waals surface area (Å²) in [6.07, 6.45) is -4.40. The van der Waals surface area contributed by atoms with Crippen LogP contribution >= 0.6 is 0 Å². The zero-order valence-electron chi connectivity index (χ0n) is 14.9. The third-order valence-electron chi connectivity index (χ3n) is 5.06. The van der Waals surface area contributed by atoms with Crippen LogP contribution in [-0.2, 0) is 6.18 Å². The molecule has 4 rings (SSSR count). The predicted molar refractivity (Wildman–Crippen MR) is 101 cm³/mol. The fourth-order valence-electron chi connectivity index (χ4n) is 3.72. The number of anilines is 2. The van der Waals surface area contributed by atoms with Gasteiger partial charge >= 0.3 is 12.1 Å². The van der Waals surface area contributed by atoms with Gasteiger partial charge in [0.2, 0.25) is 0 Å². The molecule has 0 aromatic heterocycles. The van der Waals surface area contributed by atoms with E-state index in [-0.39, 0.29) is 11.6 Å². The first-order chi connectivity index (χ1) is 13.3. The van der Waals surface area contributed by atoms with E-state index in [0.29, 0.717) is 5.69 Å². The summed E-state index contributed by atoms with van der Waals surface area (Å²) >= 11 is 0. The molecule has 0 fully saturated rings. The number of hydrogen-bond donors (Lipinski definition) is 1. The summed E-state index contributed by atoms with van der Waals surface area (Å²) in [5, 5.41) is 9.36. The van der Waals surface area contributed by atoms with Gasteiger partial charge in [-0.15, -0.1) is 0 Å². The van der Waals surface area contributed by atoms with E-state index < -0.39 is 17.7 Å². The molecule has 1 atom stereocenters. The molecule has 1 heterocycles. The van der Waals surface area contributed by atoms with Crippen LogP contribution in [0.2, 0.25) is 0 Å². The minimum atomic E-state index is -4.40. The van der Waals surface area contributed by atoms with Gasteiger partial charge in [-0.05, 0) is 60.5 Å². The summed E-state index contributed by atoms with van der Waals surface area (Å²) in [6, 6.07) is 17.4. The van der Waals surface area contributed by atoms with Crippen molar-refractivity contribution < 1.29 is 23.1 Å². The van der Waals surface area contributed by atoms with Gasteiger partial charge in [0, 0.05) is 16.9 Å². The summed E-state index contributed by atoms with van der Waals surface area (Å²) in [4.78, 5) is 13.4. The minimum Gasteiger partial charge on any atom is -0.478 e. The highest BCUT2D eigenvalue weighted by Crippen LogP contribution is 2.48. The highest BCUT2D eigenvalue weighted by Gasteiger charge is 2.32. The van der Waals surface area contributed by atoms with Crippen molar-refractivity contribution in [2.45, 2.75) is 19.1 Å². The molecule has 1 aliphatic heterocycles. The SMILES string of the molecule is CC1c2ccccc2-c2cc(C(=O)O)ccc2N1c1ccc(C(F)(F)F)cc1. The Morgan fingerprint density at radius 3 is 2.29 bits per heavy atom. The van der Waals surface area contributed by atoms with Crippen molar-refractivity contribution in [1.82, 2.24) is 0 Å². The van der Waals surface area contributed by atoms with Crippen LogP contribution in [0.5, 0.6) is 0 Å². The molecule has 1 N–H and O–H groups in total. The molecule has 1 unspecified atom stereocenters. The molecule has 1 aliphatic rings. The van der Waals surface area contributed by atoms with Crippen molar-refractivity contribution in [3.63, 3.8) is 0 Å². The van der Waals surface area contributed by atoms with Gasteiger partial charge in [0.1, 0.15) is 0 Å². The fraction of sp³-hybridized carbons (Fsp3) is 0.136. The van der Waals surface area contributed by atoms with Crippen LogP contribution in [0.4, 0.5) is 24.5 Å². The number of alkyl halides is 3. The van der Waals surface area contributed by atoms with E-state index in [1.54, 1.807) is 12.1 Å². The van der Waals surface area contributed by atoms with Gasteiger partial charge < -0.3 is 10.0 Å². The summed E-state index contributed by atoms with van der Waals surface area (Å²) in [5.41, 5.74) is 3.48. The molecular formula is C22H16F3NO2. The van der Waals surface area contributed by atoms with Crippen molar-refractivity contribution in [3.05, 3.63) is 83.4 Å². The lowest BCUT2D eigenvalue weighted by atomic mass is 9.87. The molecule has 0 saturated carbocycles. The molecule has 3 nitrogen and oxygen atoms in total. The second-order valence-electron chi connectivity index (χ2n) is 6.71. The van der Waals surface area contributed by atoms with Gasteiger partial charge in [-0.3, -0.25) is 0 Å². The zero-order valence-corrected chi connectivity index (χ0v) is 14.9. The average Bonchev–Trinajstić information content (AvgIpc) is 2.67. The molecule has 6 heteroatoms. The number of hydrogen-bond acceptors (Lipinski definition) is 2. The standard InChI is InChI=1S/C22H16F3NO2/c1-13-17-4-2-3-5-18(17)19-12-14(21(27)28)6-11-20(19)26(13)16-9-7-15(8-10-16)22(23,24)25/h2-13H,1H3,(H,27,28). The largest absolute Gasteiger partial charge is 0.478 e. The lowest BCUT2D eigenvalue weighted by molar-refractivity contribution is -0.137. The minimum absolute atomic E-state index is 0.129. The van der Waals surface area contributed by atoms with E-state index in [4.69, 9.17) is 0 Å². The number of fused-ring (bicyclic) bond motifs is 3. The maximum Gasteiger partial charge on any atom is 0.416 e. The second-order valence-corrected chi connectivity index (χ2v) is 6.71. The van der Waals surface area contributed by atoms with E-state index in [0.717, 1.165) is 34.5 Å². The van der Waals surface area contributed by atoms with Crippen molar-refractivity contribution in [2.24, 2.45) is 0 Å². The Kier molecular flexibility index (Phi) is 4.14. The molecular weight excluding hydrogens is 367 g/mol. The molecule has 3 aromatic rings. The van der Waals surface area contributed by atoms with Crippen molar-refractivity contribution >= 4 is 17.3 Å². The first-order valence-electron chi connectivity index (χ1n) is 8.70. The zero-order chi connectivity index (χ0) is 20.1. The smallest absolute Gasteiger partial charge is 0.416 e. The van der Waals surface area contributed by atoms with Crippen LogP contribution in [0.25, 0.3) is 11.1 Å². The third-order valence-corrected chi connectivity index (χ3v) is 5.06. The molecule has 0 aliphatic carbocycles. The number of rotatable bonds is 2. The third kappa shape index (κ3) is 2.91. The first kappa shape index (κ1) is 18.1. The van der Waals surface area contributed by atoms with Crippen molar-refractivity contribution in [2.75, 3.05) is 4.90 Å². The predicted octanol–water partition coefficient (Wildman–Crippen LogP) is 6.28. The molecule has 142 valence electrons. The van der Waals surface area contributed by atoms with Crippen LogP contribution in [0.1, 0.15) is 34.5 Å². The topological polar surface area (TPSA) is 40.5 Å². The Morgan fingerprint density at radius 1 is 0.964 bits per heavy atom. The Balaban J connectivity index is 1.89. The molecule has 0 saturated heterocycles.